The lowest BCUT2D eigenvalue weighted by Crippen LogP contribution is -2.45. The zero-order chi connectivity index (χ0) is 28.0. The lowest BCUT2D eigenvalue weighted by Gasteiger charge is -2.34. The van der Waals surface area contributed by atoms with Crippen molar-refractivity contribution in [2.75, 3.05) is 19.7 Å². The molecular weight excluding hydrogens is 523 g/mol. The highest BCUT2D eigenvalue weighted by Crippen LogP contribution is 2.50. The summed E-state index contributed by atoms with van der Waals surface area (Å²) in [5.74, 6) is -2.22. The topological polar surface area (TPSA) is 82.4 Å². The van der Waals surface area contributed by atoms with Gasteiger partial charge in [-0.25, -0.2) is 13.6 Å². The molecule has 0 spiro atoms. The van der Waals surface area contributed by atoms with Gasteiger partial charge in [-0.15, -0.1) is 0 Å². The van der Waals surface area contributed by atoms with Gasteiger partial charge >= 0.3 is 12.0 Å². The van der Waals surface area contributed by atoms with Gasteiger partial charge in [-0.2, -0.15) is 5.26 Å². The van der Waals surface area contributed by atoms with E-state index in [1.807, 2.05) is 0 Å². The van der Waals surface area contributed by atoms with Gasteiger partial charge in [-0.3, -0.25) is 4.79 Å². The maximum atomic E-state index is 15.1. The van der Waals surface area contributed by atoms with Crippen LogP contribution >= 0.6 is 23.2 Å². The van der Waals surface area contributed by atoms with Crippen LogP contribution in [0.1, 0.15) is 58.2 Å². The first-order chi connectivity index (χ1) is 17.2. The van der Waals surface area contributed by atoms with Crippen molar-refractivity contribution in [1.29, 1.82) is 5.26 Å². The molecule has 0 aromatic heterocycles. The number of carbonyl (C=O) groups excluding carboxylic acids is 2. The Labute approximate surface area is 226 Å². The molecule has 1 aliphatic rings. The molecule has 200 valence electrons. The molecule has 6 nitrogen and oxygen atoms in total. The zero-order valence-corrected chi connectivity index (χ0v) is 23.0. The van der Waals surface area contributed by atoms with Crippen LogP contribution < -0.4 is 5.32 Å². The Balaban J connectivity index is 0.000000877. The molecule has 2 aromatic rings. The second-order valence-corrected chi connectivity index (χ2v) is 11.0. The predicted molar refractivity (Wildman–Crippen MR) is 139 cm³/mol. The van der Waals surface area contributed by atoms with Crippen molar-refractivity contribution in [2.24, 2.45) is 5.41 Å². The van der Waals surface area contributed by atoms with Gasteiger partial charge in [-0.1, -0.05) is 69.1 Å². The van der Waals surface area contributed by atoms with E-state index in [0.29, 0.717) is 5.41 Å². The molecule has 1 aliphatic heterocycles. The van der Waals surface area contributed by atoms with Crippen LogP contribution in [0.3, 0.4) is 0 Å². The number of esters is 1. The summed E-state index contributed by atoms with van der Waals surface area (Å²) in [6.07, 6.45) is 0.0193. The van der Waals surface area contributed by atoms with Crippen molar-refractivity contribution in [3.8, 4) is 6.07 Å². The first kappa shape index (κ1) is 30.3. The Kier molecular flexibility index (Phi) is 10.3. The third kappa shape index (κ3) is 7.56. The fraction of sp³-hybridized carbons (Fsp3) is 0.444. The number of rotatable bonds is 5. The van der Waals surface area contributed by atoms with Crippen LogP contribution in [-0.2, 0) is 14.9 Å². The molecule has 2 atom stereocenters. The molecule has 0 saturated carbocycles. The normalized spacial score (nSPS) is 18.9. The third-order valence-corrected chi connectivity index (χ3v) is 5.89. The standard InChI is InChI=1S/C22H19Cl2F2N3O3.C5H12/c1-2-32-18(30)11-28-21(31)29-9-8-22(12-27,15-7-6-13(23)10-17(15)25)20(29)14-4-3-5-16(24)19(14)26;1-5(2,3)4/h3-7,10,20H,2,8-9,11H2,1H3,(H,28,31);1-4H3/t20-,22?;/m1./s1. The van der Waals surface area contributed by atoms with Crippen LogP contribution in [0.5, 0.6) is 0 Å². The van der Waals surface area contributed by atoms with E-state index < -0.39 is 41.6 Å². The number of benzene rings is 2. The lowest BCUT2D eigenvalue weighted by atomic mass is 9.72. The molecule has 0 bridgehead atoms. The van der Waals surface area contributed by atoms with Gasteiger partial charge in [0.25, 0.3) is 0 Å². The van der Waals surface area contributed by atoms with Crippen molar-refractivity contribution in [3.63, 3.8) is 0 Å². The summed E-state index contributed by atoms with van der Waals surface area (Å²) < 4.78 is 34.8. The van der Waals surface area contributed by atoms with Gasteiger partial charge < -0.3 is 15.0 Å². The Morgan fingerprint density at radius 1 is 1.22 bits per heavy atom. The van der Waals surface area contributed by atoms with Gasteiger partial charge in [0.05, 0.1) is 23.7 Å². The minimum Gasteiger partial charge on any atom is -0.465 e. The average molecular weight is 554 g/mol. The van der Waals surface area contributed by atoms with E-state index in [4.69, 9.17) is 27.9 Å². The second kappa shape index (κ2) is 12.6. The number of likely N-dealkylation sites (tertiary alicyclic amines) is 1. The van der Waals surface area contributed by atoms with Crippen LogP contribution in [-0.4, -0.2) is 36.6 Å². The van der Waals surface area contributed by atoms with Gasteiger partial charge in [0.1, 0.15) is 23.6 Å². The monoisotopic (exact) mass is 553 g/mol. The van der Waals surface area contributed by atoms with Crippen molar-refractivity contribution >= 4 is 35.2 Å². The number of halogens is 4. The predicted octanol–water partition coefficient (Wildman–Crippen LogP) is 6.81. The van der Waals surface area contributed by atoms with Crippen molar-refractivity contribution in [1.82, 2.24) is 10.2 Å². The summed E-state index contributed by atoms with van der Waals surface area (Å²) in [7, 11) is 0. The molecule has 10 heteroatoms. The number of amides is 2. The summed E-state index contributed by atoms with van der Waals surface area (Å²) in [6, 6.07) is 8.21. The molecule has 2 amide bonds. The molecule has 0 radical (unpaired) electrons. The van der Waals surface area contributed by atoms with Crippen LogP contribution in [0.2, 0.25) is 10.0 Å². The number of carbonyl (C=O) groups is 2. The molecule has 1 saturated heterocycles. The first-order valence-corrected chi connectivity index (χ1v) is 12.5. The fourth-order valence-electron chi connectivity index (χ4n) is 3.98. The van der Waals surface area contributed by atoms with E-state index in [1.54, 1.807) is 6.92 Å². The summed E-state index contributed by atoms with van der Waals surface area (Å²) >= 11 is 11.8. The van der Waals surface area contributed by atoms with Crippen molar-refractivity contribution in [3.05, 3.63) is 69.2 Å². The van der Waals surface area contributed by atoms with E-state index in [9.17, 15) is 19.2 Å². The Morgan fingerprint density at radius 3 is 2.43 bits per heavy atom. The fourth-order valence-corrected chi connectivity index (χ4v) is 4.32. The van der Waals surface area contributed by atoms with E-state index in [-0.39, 0.29) is 40.7 Å². The molecule has 1 fully saturated rings. The largest absolute Gasteiger partial charge is 0.465 e. The molecule has 2 aromatic carbocycles. The number of urea groups is 1. The minimum absolute atomic E-state index is 0.000898. The molecule has 37 heavy (non-hydrogen) atoms. The van der Waals surface area contributed by atoms with Gasteiger partial charge in [0.2, 0.25) is 0 Å². The Morgan fingerprint density at radius 2 is 1.86 bits per heavy atom. The zero-order valence-electron chi connectivity index (χ0n) is 21.5. The number of hydrogen-bond acceptors (Lipinski definition) is 4. The Bertz CT molecular complexity index is 1170. The van der Waals surface area contributed by atoms with Crippen LogP contribution in [0.15, 0.2) is 36.4 Å². The maximum Gasteiger partial charge on any atom is 0.325 e. The molecule has 0 aliphatic carbocycles. The number of ether oxygens (including phenoxy) is 1. The van der Waals surface area contributed by atoms with E-state index in [1.165, 1.54) is 35.2 Å². The van der Waals surface area contributed by atoms with Crippen LogP contribution in [0.4, 0.5) is 13.6 Å². The minimum atomic E-state index is -1.62. The number of nitrogens with one attached hydrogen (secondary N) is 1. The van der Waals surface area contributed by atoms with Crippen LogP contribution in [0.25, 0.3) is 0 Å². The SMILES string of the molecule is CC(C)(C)C.CCOC(=O)CNC(=O)N1CCC(C#N)(c2ccc(Cl)cc2F)[C@H]1c1cccc(Cl)c1F. The van der Waals surface area contributed by atoms with Crippen molar-refractivity contribution in [2.45, 2.75) is 52.5 Å². The highest BCUT2D eigenvalue weighted by Gasteiger charge is 2.53. The Hall–Kier alpha value is -2.89. The van der Waals surface area contributed by atoms with E-state index >= 15 is 4.39 Å². The summed E-state index contributed by atoms with van der Waals surface area (Å²) in [5, 5.41) is 12.5. The number of nitrogens with zero attached hydrogens (tertiary/aromatic N) is 2. The average Bonchev–Trinajstić information content (AvgIpc) is 3.18. The molecule has 3 rings (SSSR count). The van der Waals surface area contributed by atoms with E-state index in [2.05, 4.69) is 39.1 Å². The van der Waals surface area contributed by atoms with Gasteiger partial charge in [-0.05, 0) is 37.0 Å². The van der Waals surface area contributed by atoms with Crippen LogP contribution in [0, 0.1) is 28.4 Å². The number of nitriles is 1. The molecular formula is C27H31Cl2F2N3O3. The number of hydrogen-bond donors (Lipinski definition) is 1. The van der Waals surface area contributed by atoms with E-state index in [0.717, 1.165) is 6.07 Å². The van der Waals surface area contributed by atoms with Gasteiger partial charge in [0, 0.05) is 22.7 Å². The highest BCUT2D eigenvalue weighted by molar-refractivity contribution is 6.31. The first-order valence-electron chi connectivity index (χ1n) is 11.8. The molecule has 1 N–H and O–H groups in total. The summed E-state index contributed by atoms with van der Waals surface area (Å²) in [4.78, 5) is 25.8. The molecule has 1 unspecified atom stereocenters. The molecule has 1 heterocycles. The van der Waals surface area contributed by atoms with Gasteiger partial charge in [0.15, 0.2) is 0 Å². The highest BCUT2D eigenvalue weighted by atomic mass is 35.5. The van der Waals surface area contributed by atoms with Crippen molar-refractivity contribution < 1.29 is 23.1 Å². The quantitative estimate of drug-likeness (QED) is 0.412. The maximum absolute atomic E-state index is 15.1. The second-order valence-electron chi connectivity index (χ2n) is 10.2. The summed E-state index contributed by atoms with van der Waals surface area (Å²) in [6.45, 7) is 10.1. The smallest absolute Gasteiger partial charge is 0.325 e. The third-order valence-electron chi connectivity index (χ3n) is 5.36. The summed E-state index contributed by atoms with van der Waals surface area (Å²) in [5.41, 5.74) is -1.19. The lowest BCUT2D eigenvalue weighted by molar-refractivity contribution is -0.141.